The van der Waals surface area contributed by atoms with E-state index in [-0.39, 0.29) is 11.4 Å². The summed E-state index contributed by atoms with van der Waals surface area (Å²) in [5.74, 6) is 0.598. The molecule has 0 bridgehead atoms. The fraction of sp³-hybridized carbons (Fsp3) is 0.0714. The first kappa shape index (κ1) is 12.9. The number of nitrogen functional groups attached to an aromatic ring is 1. The number of ether oxygens (including phenoxy) is 1. The van der Waals surface area contributed by atoms with Gasteiger partial charge in [-0.25, -0.2) is 9.67 Å². The van der Waals surface area contributed by atoms with Crippen molar-refractivity contribution in [1.82, 2.24) is 14.8 Å². The third-order valence-corrected chi connectivity index (χ3v) is 3.16. The topological polar surface area (TPSA) is 109 Å². The van der Waals surface area contributed by atoms with Gasteiger partial charge in [-0.1, -0.05) is 12.1 Å². The summed E-state index contributed by atoms with van der Waals surface area (Å²) in [5, 5.41) is 5.82. The monoisotopic (exact) mass is 283 g/mol. The van der Waals surface area contributed by atoms with Gasteiger partial charge in [0, 0.05) is 17.0 Å². The molecule has 1 aromatic carbocycles. The summed E-state index contributed by atoms with van der Waals surface area (Å²) in [6.45, 7) is 0. The number of methoxy groups -OCH3 is 1. The van der Waals surface area contributed by atoms with E-state index >= 15 is 0 Å². The van der Waals surface area contributed by atoms with E-state index < -0.39 is 5.91 Å². The number of hydrogen-bond acceptors (Lipinski definition) is 5. The van der Waals surface area contributed by atoms with Crippen LogP contribution in [0.15, 0.2) is 36.7 Å². The van der Waals surface area contributed by atoms with Crippen LogP contribution in [0, 0.1) is 0 Å². The fourth-order valence-electron chi connectivity index (χ4n) is 2.21. The predicted octanol–water partition coefficient (Wildman–Crippen LogP) is 1.11. The molecule has 4 N–H and O–H groups in total. The second-order valence-electron chi connectivity index (χ2n) is 4.43. The van der Waals surface area contributed by atoms with E-state index in [1.807, 2.05) is 24.3 Å². The van der Waals surface area contributed by atoms with Crippen LogP contribution in [-0.4, -0.2) is 27.8 Å². The highest BCUT2D eigenvalue weighted by atomic mass is 16.5. The molecule has 3 rings (SSSR count). The largest absolute Gasteiger partial charge is 0.496 e. The molecule has 1 amide bonds. The van der Waals surface area contributed by atoms with E-state index in [1.54, 1.807) is 13.3 Å². The van der Waals surface area contributed by atoms with Crippen molar-refractivity contribution in [2.24, 2.45) is 5.73 Å². The zero-order chi connectivity index (χ0) is 15.0. The number of nitrogens with two attached hydrogens (primary N) is 2. The Morgan fingerprint density at radius 1 is 1.29 bits per heavy atom. The second kappa shape index (κ2) is 4.78. The number of anilines is 1. The lowest BCUT2D eigenvalue weighted by Crippen LogP contribution is -2.14. The van der Waals surface area contributed by atoms with Gasteiger partial charge in [-0.05, 0) is 12.1 Å². The van der Waals surface area contributed by atoms with Crippen LogP contribution >= 0.6 is 0 Å². The Bertz CT molecular complexity index is 840. The Morgan fingerprint density at radius 3 is 2.76 bits per heavy atom. The van der Waals surface area contributed by atoms with Crippen LogP contribution in [0.25, 0.3) is 16.6 Å². The maximum Gasteiger partial charge on any atom is 0.271 e. The smallest absolute Gasteiger partial charge is 0.271 e. The van der Waals surface area contributed by atoms with E-state index in [0.717, 1.165) is 16.5 Å². The molecule has 0 aliphatic carbocycles. The Labute approximate surface area is 120 Å². The molecule has 7 nitrogen and oxygen atoms in total. The maximum atomic E-state index is 11.3. The molecule has 0 saturated heterocycles. The molecule has 2 heterocycles. The summed E-state index contributed by atoms with van der Waals surface area (Å²) in [6.07, 6.45) is 3.16. The number of aromatic nitrogens is 3. The van der Waals surface area contributed by atoms with Gasteiger partial charge in [0.15, 0.2) is 11.5 Å². The van der Waals surface area contributed by atoms with Gasteiger partial charge >= 0.3 is 0 Å². The van der Waals surface area contributed by atoms with Gasteiger partial charge in [0.2, 0.25) is 0 Å². The number of primary amides is 1. The van der Waals surface area contributed by atoms with E-state index in [2.05, 4.69) is 10.1 Å². The first-order chi connectivity index (χ1) is 10.1. The standard InChI is InChI=1S/C14H13N5O2/c1-21-11-4-2-3-9-8(11)5-6-17-14(9)19-7-10(15)12(18-19)13(16)20/h2-7H,15H2,1H3,(H2,16,20). The van der Waals surface area contributed by atoms with Crippen molar-refractivity contribution in [3.8, 4) is 11.6 Å². The number of carbonyl (C=O) groups excluding carboxylic acids is 1. The average molecular weight is 283 g/mol. The number of fused-ring (bicyclic) bond motifs is 1. The van der Waals surface area contributed by atoms with Crippen LogP contribution in [0.2, 0.25) is 0 Å². The van der Waals surface area contributed by atoms with E-state index in [0.29, 0.717) is 5.82 Å². The summed E-state index contributed by atoms with van der Waals surface area (Å²) in [7, 11) is 1.60. The lowest BCUT2D eigenvalue weighted by atomic mass is 10.1. The number of amides is 1. The molecule has 2 aromatic heterocycles. The van der Waals surface area contributed by atoms with Gasteiger partial charge in [0.1, 0.15) is 5.75 Å². The molecule has 21 heavy (non-hydrogen) atoms. The molecule has 0 saturated carbocycles. The molecule has 0 aliphatic rings. The molecular weight excluding hydrogens is 270 g/mol. The quantitative estimate of drug-likeness (QED) is 0.748. The minimum Gasteiger partial charge on any atom is -0.496 e. The molecule has 0 radical (unpaired) electrons. The SMILES string of the molecule is COc1cccc2c(-n3cc(N)c(C(N)=O)n3)nccc12. The molecule has 0 aliphatic heterocycles. The molecular formula is C14H13N5O2. The summed E-state index contributed by atoms with van der Waals surface area (Å²) < 4.78 is 6.77. The first-order valence-electron chi connectivity index (χ1n) is 6.19. The number of benzene rings is 1. The minimum absolute atomic E-state index is 0.0247. The van der Waals surface area contributed by atoms with Crippen LogP contribution in [0.1, 0.15) is 10.5 Å². The fourth-order valence-corrected chi connectivity index (χ4v) is 2.21. The van der Waals surface area contributed by atoms with Crippen molar-refractivity contribution in [3.63, 3.8) is 0 Å². The Morgan fingerprint density at radius 2 is 2.10 bits per heavy atom. The van der Waals surface area contributed by atoms with Gasteiger partial charge in [-0.3, -0.25) is 4.79 Å². The van der Waals surface area contributed by atoms with Crippen LogP contribution in [0.3, 0.4) is 0 Å². The predicted molar refractivity (Wildman–Crippen MR) is 78.3 cm³/mol. The van der Waals surface area contributed by atoms with Gasteiger partial charge in [-0.15, -0.1) is 0 Å². The van der Waals surface area contributed by atoms with Crippen LogP contribution in [0.4, 0.5) is 5.69 Å². The summed E-state index contributed by atoms with van der Waals surface area (Å²) in [5.41, 5.74) is 11.2. The molecule has 0 unspecified atom stereocenters. The van der Waals surface area contributed by atoms with Crippen molar-refractivity contribution < 1.29 is 9.53 Å². The van der Waals surface area contributed by atoms with Crippen LogP contribution in [0.5, 0.6) is 5.75 Å². The van der Waals surface area contributed by atoms with Gasteiger partial charge < -0.3 is 16.2 Å². The molecule has 3 aromatic rings. The Balaban J connectivity index is 2.26. The second-order valence-corrected chi connectivity index (χ2v) is 4.43. The Kier molecular flexibility index (Phi) is 2.94. The number of rotatable bonds is 3. The van der Waals surface area contributed by atoms with E-state index in [1.165, 1.54) is 10.9 Å². The highest BCUT2D eigenvalue weighted by Gasteiger charge is 2.15. The van der Waals surface area contributed by atoms with Crippen molar-refractivity contribution in [2.75, 3.05) is 12.8 Å². The van der Waals surface area contributed by atoms with E-state index in [9.17, 15) is 4.79 Å². The molecule has 106 valence electrons. The van der Waals surface area contributed by atoms with Crippen molar-refractivity contribution in [1.29, 1.82) is 0 Å². The van der Waals surface area contributed by atoms with E-state index in [4.69, 9.17) is 16.2 Å². The number of nitrogens with zero attached hydrogens (tertiary/aromatic N) is 3. The molecule has 7 heteroatoms. The molecule has 0 spiro atoms. The highest BCUT2D eigenvalue weighted by molar-refractivity contribution is 5.96. The average Bonchev–Trinajstić information content (AvgIpc) is 2.88. The third kappa shape index (κ3) is 2.04. The zero-order valence-electron chi connectivity index (χ0n) is 11.3. The lowest BCUT2D eigenvalue weighted by Gasteiger charge is -2.08. The summed E-state index contributed by atoms with van der Waals surface area (Å²) >= 11 is 0. The van der Waals surface area contributed by atoms with Crippen molar-refractivity contribution in [2.45, 2.75) is 0 Å². The van der Waals surface area contributed by atoms with Gasteiger partial charge in [0.25, 0.3) is 5.91 Å². The normalized spacial score (nSPS) is 10.7. The van der Waals surface area contributed by atoms with Gasteiger partial charge in [-0.2, -0.15) is 5.10 Å². The lowest BCUT2D eigenvalue weighted by molar-refractivity contribution is 0.0996. The highest BCUT2D eigenvalue weighted by Crippen LogP contribution is 2.28. The summed E-state index contributed by atoms with van der Waals surface area (Å²) in [6, 6.07) is 7.45. The Hall–Kier alpha value is -3.09. The number of pyridine rings is 1. The van der Waals surface area contributed by atoms with Crippen molar-refractivity contribution in [3.05, 3.63) is 42.4 Å². The van der Waals surface area contributed by atoms with Crippen molar-refractivity contribution >= 4 is 22.4 Å². The number of carbonyl (C=O) groups is 1. The third-order valence-electron chi connectivity index (χ3n) is 3.16. The molecule has 0 atom stereocenters. The van der Waals surface area contributed by atoms with Crippen LogP contribution in [-0.2, 0) is 0 Å². The zero-order valence-corrected chi connectivity index (χ0v) is 11.3. The van der Waals surface area contributed by atoms with Crippen LogP contribution < -0.4 is 16.2 Å². The maximum absolute atomic E-state index is 11.3. The molecule has 0 fully saturated rings. The minimum atomic E-state index is -0.677. The number of hydrogen-bond donors (Lipinski definition) is 2. The summed E-state index contributed by atoms with van der Waals surface area (Å²) in [4.78, 5) is 15.6. The first-order valence-corrected chi connectivity index (χ1v) is 6.19. The van der Waals surface area contributed by atoms with Gasteiger partial charge in [0.05, 0.1) is 19.0 Å².